The summed E-state index contributed by atoms with van der Waals surface area (Å²) in [7, 11) is 0. The van der Waals surface area contributed by atoms with Gasteiger partial charge in [-0.2, -0.15) is 5.10 Å². The Kier molecular flexibility index (Phi) is 6.02. The van der Waals surface area contributed by atoms with Crippen molar-refractivity contribution in [1.82, 2.24) is 15.1 Å². The number of hydrogen-bond donors (Lipinski definition) is 2. The van der Waals surface area contributed by atoms with Crippen molar-refractivity contribution in [2.45, 2.75) is 38.3 Å². The zero-order valence-corrected chi connectivity index (χ0v) is 17.3. The molecular formula is C24H25N3O4. The smallest absolute Gasteiger partial charge is 0.407 e. The summed E-state index contributed by atoms with van der Waals surface area (Å²) < 4.78 is 7.30. The molecule has 0 unspecified atom stereocenters. The van der Waals surface area contributed by atoms with Gasteiger partial charge in [-0.15, -0.1) is 0 Å². The van der Waals surface area contributed by atoms with E-state index in [0.717, 1.165) is 28.7 Å². The molecular weight excluding hydrogens is 394 g/mol. The molecule has 0 spiro atoms. The first-order valence-electron chi connectivity index (χ1n) is 10.4. The first-order chi connectivity index (χ1) is 15.1. The normalized spacial score (nSPS) is 13.3. The van der Waals surface area contributed by atoms with Gasteiger partial charge in [0.25, 0.3) is 0 Å². The molecule has 160 valence electrons. The Morgan fingerprint density at radius 1 is 1.10 bits per heavy atom. The zero-order valence-electron chi connectivity index (χ0n) is 17.3. The molecule has 0 radical (unpaired) electrons. The number of ether oxygens (including phenoxy) is 1. The molecule has 1 amide bonds. The number of carbonyl (C=O) groups excluding carboxylic acids is 1. The lowest BCUT2D eigenvalue weighted by molar-refractivity contribution is -0.137. The Morgan fingerprint density at radius 3 is 2.35 bits per heavy atom. The van der Waals surface area contributed by atoms with Crippen molar-refractivity contribution in [3.8, 4) is 11.1 Å². The van der Waals surface area contributed by atoms with Crippen molar-refractivity contribution < 1.29 is 19.4 Å². The van der Waals surface area contributed by atoms with Gasteiger partial charge >= 0.3 is 12.1 Å². The second-order valence-electron chi connectivity index (χ2n) is 7.60. The number of hydrogen-bond acceptors (Lipinski definition) is 4. The van der Waals surface area contributed by atoms with Gasteiger partial charge in [0.15, 0.2) is 0 Å². The minimum absolute atomic E-state index is 0.0540. The lowest BCUT2D eigenvalue weighted by Crippen LogP contribution is -2.33. The van der Waals surface area contributed by atoms with Crippen LogP contribution in [-0.4, -0.2) is 33.6 Å². The molecule has 0 bridgehead atoms. The summed E-state index contributed by atoms with van der Waals surface area (Å²) in [6.45, 7) is 2.83. The van der Waals surface area contributed by atoms with Crippen LogP contribution in [0.5, 0.6) is 0 Å². The van der Waals surface area contributed by atoms with E-state index in [2.05, 4.69) is 34.7 Å². The molecule has 0 saturated carbocycles. The Morgan fingerprint density at radius 2 is 1.74 bits per heavy atom. The maximum Gasteiger partial charge on any atom is 0.407 e. The number of nitrogens with one attached hydrogen (secondary N) is 1. The van der Waals surface area contributed by atoms with E-state index in [-0.39, 0.29) is 18.9 Å². The summed E-state index contributed by atoms with van der Waals surface area (Å²) >= 11 is 0. The molecule has 1 aliphatic rings. The highest BCUT2D eigenvalue weighted by molar-refractivity contribution is 5.79. The number of rotatable bonds is 8. The van der Waals surface area contributed by atoms with Gasteiger partial charge in [-0.25, -0.2) is 4.79 Å². The predicted octanol–water partition coefficient (Wildman–Crippen LogP) is 4.35. The highest BCUT2D eigenvalue weighted by atomic mass is 16.5. The monoisotopic (exact) mass is 419 g/mol. The Bertz CT molecular complexity index is 1050. The molecule has 1 atom stereocenters. The molecule has 7 heteroatoms. The number of benzene rings is 2. The first kappa shape index (κ1) is 20.7. The lowest BCUT2D eigenvalue weighted by atomic mass is 9.98. The van der Waals surface area contributed by atoms with Crippen LogP contribution in [-0.2, 0) is 16.1 Å². The maximum atomic E-state index is 12.6. The minimum atomic E-state index is -1.01. The molecule has 0 saturated heterocycles. The molecule has 2 aromatic carbocycles. The van der Waals surface area contributed by atoms with E-state index >= 15 is 0 Å². The third kappa shape index (κ3) is 4.30. The number of carboxylic acid groups (broad SMARTS) is 1. The van der Waals surface area contributed by atoms with Gasteiger partial charge in [-0.05, 0) is 34.7 Å². The summed E-state index contributed by atoms with van der Waals surface area (Å²) in [5, 5.41) is 16.3. The van der Waals surface area contributed by atoms with Crippen molar-refractivity contribution in [2.24, 2.45) is 0 Å². The fourth-order valence-corrected chi connectivity index (χ4v) is 4.22. The number of amides is 1. The van der Waals surface area contributed by atoms with Crippen molar-refractivity contribution in [3.05, 3.63) is 77.6 Å². The van der Waals surface area contributed by atoms with Crippen LogP contribution in [0, 0.1) is 0 Å². The van der Waals surface area contributed by atoms with E-state index in [4.69, 9.17) is 4.74 Å². The zero-order chi connectivity index (χ0) is 21.8. The molecule has 1 aromatic heterocycles. The van der Waals surface area contributed by atoms with Crippen LogP contribution >= 0.6 is 0 Å². The highest BCUT2D eigenvalue weighted by Gasteiger charge is 2.29. The average Bonchev–Trinajstić information content (AvgIpc) is 3.34. The Hall–Kier alpha value is -3.61. The van der Waals surface area contributed by atoms with Crippen LogP contribution < -0.4 is 5.32 Å². The maximum absolute atomic E-state index is 12.6. The Labute approximate surface area is 180 Å². The van der Waals surface area contributed by atoms with E-state index in [1.807, 2.05) is 31.2 Å². The van der Waals surface area contributed by atoms with Crippen LogP contribution in [0.25, 0.3) is 11.1 Å². The van der Waals surface area contributed by atoms with Crippen molar-refractivity contribution >= 4 is 12.1 Å². The molecule has 1 heterocycles. The van der Waals surface area contributed by atoms with E-state index in [9.17, 15) is 14.7 Å². The first-order valence-corrected chi connectivity index (χ1v) is 10.4. The molecule has 4 rings (SSSR count). The van der Waals surface area contributed by atoms with Crippen LogP contribution in [0.4, 0.5) is 4.79 Å². The molecule has 1 aliphatic carbocycles. The number of carboxylic acids is 1. The largest absolute Gasteiger partial charge is 0.481 e. The standard InChI is InChI=1S/C24H25N3O4/c1-2-13-27-22(11-12-25-27)21(14-23(28)29)26-24(30)31-15-20-18-9-5-3-7-16(18)17-8-4-6-10-19(17)20/h3-12,20-21H,2,13-15H2,1H3,(H,26,30)(H,28,29)/t21-/m0/s1. The number of aryl methyl sites for hydroxylation is 1. The molecule has 7 nitrogen and oxygen atoms in total. The quantitative estimate of drug-likeness (QED) is 0.566. The lowest BCUT2D eigenvalue weighted by Gasteiger charge is -2.20. The molecule has 31 heavy (non-hydrogen) atoms. The van der Waals surface area contributed by atoms with Gasteiger partial charge in [-0.1, -0.05) is 55.5 Å². The van der Waals surface area contributed by atoms with E-state index in [0.29, 0.717) is 12.2 Å². The highest BCUT2D eigenvalue weighted by Crippen LogP contribution is 2.44. The Balaban J connectivity index is 1.48. The molecule has 3 aromatic rings. The fraction of sp³-hybridized carbons (Fsp3) is 0.292. The van der Waals surface area contributed by atoms with Gasteiger partial charge in [-0.3, -0.25) is 9.48 Å². The molecule has 0 fully saturated rings. The van der Waals surface area contributed by atoms with Crippen LogP contribution in [0.1, 0.15) is 48.5 Å². The van der Waals surface area contributed by atoms with Crippen molar-refractivity contribution in [1.29, 1.82) is 0 Å². The number of fused-ring (bicyclic) bond motifs is 3. The number of nitrogens with zero attached hydrogens (tertiary/aromatic N) is 2. The second kappa shape index (κ2) is 9.04. The van der Waals surface area contributed by atoms with E-state index in [1.54, 1.807) is 16.9 Å². The van der Waals surface area contributed by atoms with Crippen LogP contribution in [0.3, 0.4) is 0 Å². The van der Waals surface area contributed by atoms with Crippen molar-refractivity contribution in [2.75, 3.05) is 6.61 Å². The number of aromatic nitrogens is 2. The SMILES string of the molecule is CCCn1nccc1[C@H](CC(=O)O)NC(=O)OCC1c2ccccc2-c2ccccc21. The molecule has 0 aliphatic heterocycles. The van der Waals surface area contributed by atoms with Gasteiger partial charge in [0.05, 0.1) is 18.2 Å². The minimum Gasteiger partial charge on any atom is -0.481 e. The number of aliphatic carboxylic acids is 1. The van der Waals surface area contributed by atoms with Crippen molar-refractivity contribution in [3.63, 3.8) is 0 Å². The van der Waals surface area contributed by atoms with Gasteiger partial charge in [0.2, 0.25) is 0 Å². The average molecular weight is 419 g/mol. The van der Waals surface area contributed by atoms with Gasteiger partial charge < -0.3 is 15.2 Å². The third-order valence-corrected chi connectivity index (χ3v) is 5.56. The molecule has 2 N–H and O–H groups in total. The fourth-order valence-electron chi connectivity index (χ4n) is 4.22. The third-order valence-electron chi connectivity index (χ3n) is 5.56. The van der Waals surface area contributed by atoms with Crippen LogP contribution in [0.15, 0.2) is 60.8 Å². The number of alkyl carbamates (subject to hydrolysis) is 1. The summed E-state index contributed by atoms with van der Waals surface area (Å²) in [4.78, 5) is 24.0. The summed E-state index contributed by atoms with van der Waals surface area (Å²) in [6.07, 6.45) is 1.57. The summed E-state index contributed by atoms with van der Waals surface area (Å²) in [5.41, 5.74) is 5.20. The second-order valence-corrected chi connectivity index (χ2v) is 7.60. The van der Waals surface area contributed by atoms with Crippen LogP contribution in [0.2, 0.25) is 0 Å². The topological polar surface area (TPSA) is 93.5 Å². The number of carbonyl (C=O) groups is 2. The van der Waals surface area contributed by atoms with E-state index < -0.39 is 18.1 Å². The predicted molar refractivity (Wildman–Crippen MR) is 116 cm³/mol. The summed E-state index contributed by atoms with van der Waals surface area (Å²) in [5.74, 6) is -1.06. The van der Waals surface area contributed by atoms with E-state index in [1.165, 1.54) is 0 Å². The van der Waals surface area contributed by atoms with Gasteiger partial charge in [0.1, 0.15) is 6.61 Å². The summed E-state index contributed by atoms with van der Waals surface area (Å²) in [6, 6.07) is 17.2. The van der Waals surface area contributed by atoms with Gasteiger partial charge in [0, 0.05) is 18.7 Å².